The molecule has 0 aromatic heterocycles. The summed E-state index contributed by atoms with van der Waals surface area (Å²) in [5.41, 5.74) is 4.07. The van der Waals surface area contributed by atoms with E-state index in [1.54, 1.807) is 0 Å². The molecule has 0 radical (unpaired) electrons. The number of phenolic OH excluding ortho intramolecular Hbond substituents is 1. The molecule has 1 rings (SSSR count). The van der Waals surface area contributed by atoms with Crippen LogP contribution in [-0.2, 0) is 0 Å². The second-order valence-corrected chi connectivity index (χ2v) is 2.88. The summed E-state index contributed by atoms with van der Waals surface area (Å²) in [6, 6.07) is 0.0375. The first-order chi connectivity index (χ1) is 6.97. The van der Waals surface area contributed by atoms with E-state index in [9.17, 15) is 24.0 Å². The fraction of sp³-hybridized carbons (Fsp3) is 0.250. The minimum absolute atomic E-state index is 0.316. The van der Waals surface area contributed by atoms with E-state index in [1.165, 1.54) is 0 Å². The largest absolute Gasteiger partial charge is 0.502 e. The van der Waals surface area contributed by atoms with E-state index in [1.807, 2.05) is 0 Å². The molecule has 0 aliphatic carbocycles. The molecule has 5 nitrogen and oxygen atoms in total. The Labute approximate surface area is 83.3 Å². The molecule has 0 amide bonds. The molecular weight excluding hydrogens is 210 g/mol. The smallest absolute Gasteiger partial charge is 0.313 e. The van der Waals surface area contributed by atoms with Gasteiger partial charge in [0.05, 0.1) is 17.0 Å². The van der Waals surface area contributed by atoms with Crippen molar-refractivity contribution in [1.29, 1.82) is 0 Å². The number of nitro groups is 1. The number of hydrogen-bond acceptors (Lipinski definition) is 4. The summed E-state index contributed by atoms with van der Waals surface area (Å²) in [6.45, 7) is -1.05. The zero-order valence-electron chi connectivity index (χ0n) is 7.48. The van der Waals surface area contributed by atoms with Crippen molar-refractivity contribution in [3.8, 4) is 5.75 Å². The minimum atomic E-state index is -1.28. The van der Waals surface area contributed by atoms with Gasteiger partial charge in [0.2, 0.25) is 0 Å². The zero-order valence-corrected chi connectivity index (χ0v) is 7.48. The van der Waals surface area contributed by atoms with Gasteiger partial charge in [0.25, 0.3) is 0 Å². The fourth-order valence-electron chi connectivity index (χ4n) is 1.11. The van der Waals surface area contributed by atoms with Crippen LogP contribution in [0.5, 0.6) is 5.75 Å². The van der Waals surface area contributed by atoms with Gasteiger partial charge in [-0.3, -0.25) is 10.1 Å². The Hall–Kier alpha value is -1.76. The first kappa shape index (κ1) is 11.3. The summed E-state index contributed by atoms with van der Waals surface area (Å²) in [7, 11) is 0. The molecule has 0 aliphatic heterocycles. The summed E-state index contributed by atoms with van der Waals surface area (Å²) >= 11 is 0. The van der Waals surface area contributed by atoms with Crippen LogP contribution in [0.25, 0.3) is 0 Å². The van der Waals surface area contributed by atoms with Crippen molar-refractivity contribution in [1.82, 2.24) is 0 Å². The number of hydrogen-bond donors (Lipinski definition) is 2. The Morgan fingerprint density at radius 1 is 1.60 bits per heavy atom. The number of nitrogens with zero attached hydrogens (tertiary/aromatic N) is 1. The molecule has 0 fully saturated rings. The molecule has 1 aromatic carbocycles. The van der Waals surface area contributed by atoms with Crippen molar-refractivity contribution in [3.05, 3.63) is 33.6 Å². The van der Waals surface area contributed by atoms with E-state index in [0.717, 1.165) is 6.07 Å². The second kappa shape index (κ2) is 4.18. The molecule has 0 saturated carbocycles. The van der Waals surface area contributed by atoms with Crippen LogP contribution in [0.3, 0.4) is 0 Å². The van der Waals surface area contributed by atoms with Gasteiger partial charge in [0.15, 0.2) is 5.75 Å². The molecule has 0 bridgehead atoms. The Kier molecular flexibility index (Phi) is 3.15. The number of aromatic hydroxyl groups is 1. The number of benzene rings is 1. The van der Waals surface area contributed by atoms with Gasteiger partial charge in [-0.05, 0) is 6.07 Å². The Bertz CT molecular complexity index is 398. The molecule has 7 heteroatoms. The van der Waals surface area contributed by atoms with E-state index in [4.69, 9.17) is 5.73 Å². The van der Waals surface area contributed by atoms with Crippen LogP contribution in [-0.4, -0.2) is 16.7 Å². The van der Waals surface area contributed by atoms with Crippen molar-refractivity contribution >= 4 is 5.69 Å². The average molecular weight is 218 g/mol. The van der Waals surface area contributed by atoms with E-state index in [2.05, 4.69) is 0 Å². The Balaban J connectivity index is 3.34. The van der Waals surface area contributed by atoms with Crippen LogP contribution in [0.15, 0.2) is 12.1 Å². The maximum absolute atomic E-state index is 12.9. The number of nitro benzene ring substituents is 1. The molecule has 1 aromatic rings. The van der Waals surface area contributed by atoms with E-state index >= 15 is 0 Å². The number of phenols is 1. The Morgan fingerprint density at radius 2 is 2.20 bits per heavy atom. The number of alkyl halides is 1. The molecule has 0 aliphatic rings. The third-order valence-electron chi connectivity index (χ3n) is 1.85. The van der Waals surface area contributed by atoms with Crippen LogP contribution in [0.1, 0.15) is 11.6 Å². The van der Waals surface area contributed by atoms with Crippen LogP contribution in [0, 0.1) is 15.9 Å². The highest BCUT2D eigenvalue weighted by Gasteiger charge is 2.22. The lowest BCUT2D eigenvalue weighted by Gasteiger charge is -2.09. The molecule has 82 valence electrons. The molecular formula is C8H8F2N2O3. The van der Waals surface area contributed by atoms with E-state index < -0.39 is 34.9 Å². The number of nitrogens with two attached hydrogens (primary N) is 1. The third kappa shape index (κ3) is 2.18. The van der Waals surface area contributed by atoms with Gasteiger partial charge in [0.1, 0.15) is 12.5 Å². The lowest BCUT2D eigenvalue weighted by atomic mass is 10.1. The van der Waals surface area contributed by atoms with Crippen molar-refractivity contribution < 1.29 is 18.8 Å². The van der Waals surface area contributed by atoms with Crippen LogP contribution in [0.2, 0.25) is 0 Å². The van der Waals surface area contributed by atoms with Crippen LogP contribution < -0.4 is 5.73 Å². The molecule has 0 spiro atoms. The predicted octanol–water partition coefficient (Wildman–Crippen LogP) is 1.41. The second-order valence-electron chi connectivity index (χ2n) is 2.88. The molecule has 0 heterocycles. The van der Waals surface area contributed by atoms with E-state index in [0.29, 0.717) is 6.07 Å². The maximum Gasteiger partial charge on any atom is 0.313 e. The summed E-state index contributed by atoms with van der Waals surface area (Å²) < 4.78 is 25.1. The normalized spacial score (nSPS) is 12.5. The van der Waals surface area contributed by atoms with E-state index in [-0.39, 0.29) is 5.56 Å². The molecule has 3 N–H and O–H groups in total. The van der Waals surface area contributed by atoms with Gasteiger partial charge >= 0.3 is 5.69 Å². The highest BCUT2D eigenvalue weighted by atomic mass is 19.1. The monoisotopic (exact) mass is 218 g/mol. The fourth-order valence-corrected chi connectivity index (χ4v) is 1.11. The number of rotatable bonds is 3. The standard InChI is InChI=1S/C8H8F2N2O3/c9-3-6(11)5-1-4(10)2-7(8(5)13)12(14)15/h1-2,6,13H,3,11H2/t6-/m0/s1. The molecule has 1 atom stereocenters. The first-order valence-corrected chi connectivity index (χ1v) is 3.95. The predicted molar refractivity (Wildman–Crippen MR) is 47.6 cm³/mol. The number of halogens is 2. The van der Waals surface area contributed by atoms with Gasteiger partial charge in [-0.25, -0.2) is 8.78 Å². The average Bonchev–Trinajstić information content (AvgIpc) is 2.19. The molecule has 15 heavy (non-hydrogen) atoms. The van der Waals surface area contributed by atoms with Crippen LogP contribution >= 0.6 is 0 Å². The summed E-state index contributed by atoms with van der Waals surface area (Å²) in [4.78, 5) is 9.42. The van der Waals surface area contributed by atoms with Crippen molar-refractivity contribution in [2.24, 2.45) is 5.73 Å². The van der Waals surface area contributed by atoms with Gasteiger partial charge < -0.3 is 10.8 Å². The zero-order chi connectivity index (χ0) is 11.6. The summed E-state index contributed by atoms with van der Waals surface area (Å²) in [5.74, 6) is -1.75. The molecule has 0 unspecified atom stereocenters. The summed E-state index contributed by atoms with van der Waals surface area (Å²) in [5, 5.41) is 19.7. The lowest BCUT2D eigenvalue weighted by Crippen LogP contribution is -2.13. The highest BCUT2D eigenvalue weighted by molar-refractivity contribution is 5.52. The quantitative estimate of drug-likeness (QED) is 0.592. The highest BCUT2D eigenvalue weighted by Crippen LogP contribution is 2.33. The van der Waals surface area contributed by atoms with Crippen LogP contribution in [0.4, 0.5) is 14.5 Å². The van der Waals surface area contributed by atoms with Gasteiger partial charge in [-0.15, -0.1) is 0 Å². The van der Waals surface area contributed by atoms with Crippen molar-refractivity contribution in [2.45, 2.75) is 6.04 Å². The lowest BCUT2D eigenvalue weighted by molar-refractivity contribution is -0.386. The minimum Gasteiger partial charge on any atom is -0.502 e. The maximum atomic E-state index is 12.9. The first-order valence-electron chi connectivity index (χ1n) is 3.95. The topological polar surface area (TPSA) is 89.4 Å². The van der Waals surface area contributed by atoms with Gasteiger partial charge in [-0.1, -0.05) is 0 Å². The SMILES string of the molecule is N[C@@H](CF)c1cc(F)cc([N+](=O)[O-])c1O. The van der Waals surface area contributed by atoms with Gasteiger partial charge in [0, 0.05) is 5.56 Å². The van der Waals surface area contributed by atoms with Gasteiger partial charge in [-0.2, -0.15) is 0 Å². The Morgan fingerprint density at radius 3 is 2.67 bits per heavy atom. The molecule has 0 saturated heterocycles. The van der Waals surface area contributed by atoms with Crippen molar-refractivity contribution in [2.75, 3.05) is 6.67 Å². The summed E-state index contributed by atoms with van der Waals surface area (Å²) in [6.07, 6.45) is 0. The third-order valence-corrected chi connectivity index (χ3v) is 1.85. The van der Waals surface area contributed by atoms with Crippen molar-refractivity contribution in [3.63, 3.8) is 0 Å².